The molecule has 4 saturated carbocycles. The van der Waals surface area contributed by atoms with Gasteiger partial charge in [0.2, 0.25) is 0 Å². The normalized spacial score (nSPS) is 47.4. The van der Waals surface area contributed by atoms with Crippen LogP contribution in [-0.4, -0.2) is 23.0 Å². The summed E-state index contributed by atoms with van der Waals surface area (Å²) in [5.41, 5.74) is -0.0677. The second kappa shape index (κ2) is 8.56. The van der Waals surface area contributed by atoms with Crippen LogP contribution in [0.3, 0.4) is 0 Å². The number of fused-ring (bicyclic) bond motifs is 5. The van der Waals surface area contributed by atoms with Crippen molar-refractivity contribution in [2.75, 3.05) is 0 Å². The van der Waals surface area contributed by atoms with Crippen LogP contribution in [0.1, 0.15) is 85.0 Å². The molecule has 29 heavy (non-hydrogen) atoms. The number of carboxylic acids is 1. The molecule has 0 aromatic rings. The smallest absolute Gasteiger partial charge is 0.550 e. The fourth-order valence-electron chi connectivity index (χ4n) is 8.43. The molecule has 4 nitrogen and oxygen atoms in total. The third-order valence-electron chi connectivity index (χ3n) is 10.1. The van der Waals surface area contributed by atoms with Gasteiger partial charge in [0.25, 0.3) is 0 Å². The van der Waals surface area contributed by atoms with Crippen molar-refractivity contribution >= 4 is 11.8 Å². The van der Waals surface area contributed by atoms with E-state index in [0.717, 1.165) is 32.1 Å². The molecule has 4 fully saturated rings. The number of hydrogen-bond acceptors (Lipinski definition) is 4. The number of hydrogen-bond donors (Lipinski definition) is 1. The maximum absolute atomic E-state index is 13.6. The number of rotatable bonds is 4. The average Bonchev–Trinajstić information content (AvgIpc) is 3.00. The first kappa shape index (κ1) is 23.8. The molecule has 5 heteroatoms. The topological polar surface area (TPSA) is 77.4 Å². The molecule has 0 aromatic carbocycles. The number of Topliss-reactive ketones (excluding diaryl/α,β-unsaturated/α-hetero) is 1. The Bertz CT molecular complexity index is 651. The summed E-state index contributed by atoms with van der Waals surface area (Å²) in [5, 5.41) is 21.1. The molecule has 9 atom stereocenters. The maximum Gasteiger partial charge on any atom is 1.00 e. The molecular weight excluding hydrogens is 375 g/mol. The van der Waals surface area contributed by atoms with Crippen LogP contribution < -0.4 is 34.7 Å². The van der Waals surface area contributed by atoms with Gasteiger partial charge in [-0.1, -0.05) is 20.8 Å². The Kier molecular flexibility index (Phi) is 7.01. The Morgan fingerprint density at radius 1 is 1.17 bits per heavy atom. The zero-order chi connectivity index (χ0) is 20.3. The van der Waals surface area contributed by atoms with Crippen molar-refractivity contribution in [3.05, 3.63) is 0 Å². The predicted molar refractivity (Wildman–Crippen MR) is 105 cm³/mol. The predicted octanol–water partition coefficient (Wildman–Crippen LogP) is 0.355. The fraction of sp³-hybridized carbons (Fsp3) is 0.917. The first-order valence-corrected chi connectivity index (χ1v) is 11.6. The van der Waals surface area contributed by atoms with Crippen LogP contribution in [0, 0.1) is 46.3 Å². The average molecular weight is 413 g/mol. The summed E-state index contributed by atoms with van der Waals surface area (Å²) >= 11 is 0. The van der Waals surface area contributed by atoms with Crippen LogP contribution in [0.5, 0.6) is 0 Å². The van der Waals surface area contributed by atoms with Crippen molar-refractivity contribution in [3.63, 3.8) is 0 Å². The van der Waals surface area contributed by atoms with E-state index in [1.54, 1.807) is 0 Å². The molecule has 0 amide bonds. The van der Waals surface area contributed by atoms with E-state index in [4.69, 9.17) is 0 Å². The Hall–Kier alpha value is 0.1000. The van der Waals surface area contributed by atoms with Crippen molar-refractivity contribution in [1.82, 2.24) is 0 Å². The molecule has 158 valence electrons. The van der Waals surface area contributed by atoms with E-state index in [-0.39, 0.29) is 58.8 Å². The number of aliphatic hydroxyl groups is 1. The minimum Gasteiger partial charge on any atom is -0.550 e. The molecular formula is C24H37NaO4. The van der Waals surface area contributed by atoms with E-state index < -0.39 is 5.97 Å². The zero-order valence-electron chi connectivity index (χ0n) is 18.8. The molecule has 4 rings (SSSR count). The van der Waals surface area contributed by atoms with Crippen molar-refractivity contribution in [2.45, 2.75) is 91.1 Å². The third-order valence-corrected chi connectivity index (χ3v) is 10.1. The summed E-state index contributed by atoms with van der Waals surface area (Å²) in [6.07, 6.45) is 8.69. The van der Waals surface area contributed by atoms with Crippen LogP contribution >= 0.6 is 0 Å². The number of carbonyl (C=O) groups is 2. The van der Waals surface area contributed by atoms with Crippen LogP contribution in [-0.2, 0) is 9.59 Å². The molecule has 0 bridgehead atoms. The van der Waals surface area contributed by atoms with E-state index in [0.29, 0.717) is 48.2 Å². The largest absolute Gasteiger partial charge is 1.00 e. The van der Waals surface area contributed by atoms with Gasteiger partial charge in [-0.05, 0) is 98.7 Å². The van der Waals surface area contributed by atoms with Gasteiger partial charge in [0.15, 0.2) is 0 Å². The molecule has 0 radical (unpaired) electrons. The summed E-state index contributed by atoms with van der Waals surface area (Å²) in [5.74, 6) is 2.14. The van der Waals surface area contributed by atoms with E-state index >= 15 is 0 Å². The quantitative estimate of drug-likeness (QED) is 0.677. The van der Waals surface area contributed by atoms with Gasteiger partial charge in [-0.25, -0.2) is 0 Å². The van der Waals surface area contributed by atoms with Crippen molar-refractivity contribution in [3.8, 4) is 0 Å². The number of carboxylic acid groups (broad SMARTS) is 1. The van der Waals surface area contributed by atoms with Crippen LogP contribution in [0.25, 0.3) is 0 Å². The summed E-state index contributed by atoms with van der Waals surface area (Å²) in [7, 11) is 0. The monoisotopic (exact) mass is 412 g/mol. The fourth-order valence-corrected chi connectivity index (χ4v) is 8.43. The Morgan fingerprint density at radius 3 is 2.59 bits per heavy atom. The van der Waals surface area contributed by atoms with Crippen molar-refractivity contribution in [1.29, 1.82) is 0 Å². The Morgan fingerprint density at radius 2 is 1.90 bits per heavy atom. The van der Waals surface area contributed by atoms with E-state index in [1.165, 1.54) is 12.8 Å². The molecule has 0 heterocycles. The molecule has 0 saturated heterocycles. The standard InChI is InChI=1S/C24H38O4.Na/c1-14(4-9-22(27)28)18-7-8-19-17-6-5-15-12-16(25)10-11-23(15,2)20(17)13-21(26)24(18,19)3;/h14-20,25H,4-13H2,1-3H3,(H,27,28);/q;+1/p-1/t14-,15?,16?,17?,18-,19?,20?,23+,24-;/m1./s1. The molecule has 4 aliphatic carbocycles. The Labute approximate surface area is 197 Å². The first-order valence-electron chi connectivity index (χ1n) is 11.6. The number of aliphatic carboxylic acids is 1. The Balaban J connectivity index is 0.00000240. The van der Waals surface area contributed by atoms with Gasteiger partial charge >= 0.3 is 29.6 Å². The third kappa shape index (κ3) is 3.79. The number of carbonyl (C=O) groups excluding carboxylic acids is 2. The minimum absolute atomic E-state index is 0. The van der Waals surface area contributed by atoms with Gasteiger partial charge in [-0.3, -0.25) is 4.79 Å². The molecule has 0 aromatic heterocycles. The van der Waals surface area contributed by atoms with Gasteiger partial charge in [-0.15, -0.1) is 0 Å². The van der Waals surface area contributed by atoms with Gasteiger partial charge < -0.3 is 15.0 Å². The van der Waals surface area contributed by atoms with Gasteiger partial charge in [-0.2, -0.15) is 0 Å². The van der Waals surface area contributed by atoms with Gasteiger partial charge in [0, 0.05) is 17.8 Å². The molecule has 1 N–H and O–H groups in total. The molecule has 5 unspecified atom stereocenters. The van der Waals surface area contributed by atoms with Crippen LogP contribution in [0.15, 0.2) is 0 Å². The zero-order valence-corrected chi connectivity index (χ0v) is 20.8. The van der Waals surface area contributed by atoms with Crippen LogP contribution in [0.4, 0.5) is 0 Å². The summed E-state index contributed by atoms with van der Waals surface area (Å²) in [4.78, 5) is 24.5. The van der Waals surface area contributed by atoms with Crippen molar-refractivity contribution in [2.24, 2.45) is 46.3 Å². The summed E-state index contributed by atoms with van der Waals surface area (Å²) in [6, 6.07) is 0. The number of aliphatic hydroxyl groups excluding tert-OH is 1. The second-order valence-corrected chi connectivity index (χ2v) is 11.1. The van der Waals surface area contributed by atoms with E-state index in [2.05, 4.69) is 20.8 Å². The van der Waals surface area contributed by atoms with Gasteiger partial charge in [0.1, 0.15) is 5.78 Å². The SMILES string of the molecule is C[C@H](CCC(=O)[O-])[C@H]1CCC2C3CCC4CC(O)CC[C@]4(C)C3CC(=O)[C@@]21C.[Na+]. The molecule has 0 aliphatic heterocycles. The molecule has 4 aliphatic rings. The van der Waals surface area contributed by atoms with Gasteiger partial charge in [0.05, 0.1) is 6.10 Å². The van der Waals surface area contributed by atoms with Crippen LogP contribution in [0.2, 0.25) is 0 Å². The van der Waals surface area contributed by atoms with Crippen molar-refractivity contribution < 1.29 is 49.4 Å². The summed E-state index contributed by atoms with van der Waals surface area (Å²) < 4.78 is 0. The molecule has 0 spiro atoms. The van der Waals surface area contributed by atoms with E-state index in [1.807, 2.05) is 0 Å². The second-order valence-electron chi connectivity index (χ2n) is 11.1. The number of ketones is 1. The maximum atomic E-state index is 13.6. The summed E-state index contributed by atoms with van der Waals surface area (Å²) in [6.45, 7) is 6.76. The van der Waals surface area contributed by atoms with E-state index in [9.17, 15) is 19.8 Å². The minimum atomic E-state index is -0.979. The first-order chi connectivity index (χ1) is 13.2.